The first-order valence-electron chi connectivity index (χ1n) is 4.99. The van der Waals surface area contributed by atoms with E-state index < -0.39 is 4.92 Å². The van der Waals surface area contributed by atoms with E-state index in [4.69, 9.17) is 0 Å². The van der Waals surface area contributed by atoms with E-state index in [2.05, 4.69) is 15.3 Å². The molecular formula is C11H10N4O2. The molecule has 0 aliphatic heterocycles. The molecule has 0 bridgehead atoms. The molecule has 6 nitrogen and oxygen atoms in total. The van der Waals surface area contributed by atoms with Crippen molar-refractivity contribution in [1.82, 2.24) is 9.97 Å². The van der Waals surface area contributed by atoms with Crippen molar-refractivity contribution < 1.29 is 4.92 Å². The smallest absolute Gasteiger partial charge is 0.292 e. The highest BCUT2D eigenvalue weighted by Crippen LogP contribution is 2.23. The average molecular weight is 230 g/mol. The molecular weight excluding hydrogens is 220 g/mol. The highest BCUT2D eigenvalue weighted by Gasteiger charge is 2.11. The molecule has 0 atom stereocenters. The van der Waals surface area contributed by atoms with Crippen LogP contribution in [0.4, 0.5) is 11.4 Å². The van der Waals surface area contributed by atoms with Crippen molar-refractivity contribution in [3.05, 3.63) is 58.7 Å². The Kier molecular flexibility index (Phi) is 3.25. The lowest BCUT2D eigenvalue weighted by Crippen LogP contribution is -2.04. The third-order valence-corrected chi connectivity index (χ3v) is 2.18. The van der Waals surface area contributed by atoms with E-state index in [-0.39, 0.29) is 5.69 Å². The number of hydrogen-bond acceptors (Lipinski definition) is 5. The molecule has 1 aromatic heterocycles. The Bertz CT molecular complexity index is 516. The molecule has 2 aromatic rings. The van der Waals surface area contributed by atoms with Crippen LogP contribution in [-0.4, -0.2) is 14.9 Å². The van der Waals surface area contributed by atoms with Crippen LogP contribution in [0.3, 0.4) is 0 Å². The Labute approximate surface area is 97.5 Å². The van der Waals surface area contributed by atoms with Gasteiger partial charge >= 0.3 is 0 Å². The highest BCUT2D eigenvalue weighted by molar-refractivity contribution is 5.61. The zero-order chi connectivity index (χ0) is 12.1. The second kappa shape index (κ2) is 5.02. The largest absolute Gasteiger partial charge is 0.374 e. The van der Waals surface area contributed by atoms with Crippen LogP contribution in [0.1, 0.15) is 5.69 Å². The predicted octanol–water partition coefficient (Wildman–Crippen LogP) is 2.00. The fourth-order valence-corrected chi connectivity index (χ4v) is 1.39. The molecule has 0 spiro atoms. The van der Waals surface area contributed by atoms with Crippen LogP contribution in [0, 0.1) is 10.1 Å². The second-order valence-electron chi connectivity index (χ2n) is 3.32. The number of nitrogens with zero attached hydrogens (tertiary/aromatic N) is 3. The lowest BCUT2D eigenvalue weighted by Gasteiger charge is -2.05. The van der Waals surface area contributed by atoms with Crippen molar-refractivity contribution in [2.75, 3.05) is 5.32 Å². The Morgan fingerprint density at radius 3 is 2.82 bits per heavy atom. The molecule has 0 saturated carbocycles. The molecule has 86 valence electrons. The first kappa shape index (κ1) is 11.0. The number of para-hydroxylation sites is 2. The van der Waals surface area contributed by atoms with Crippen molar-refractivity contribution in [3.8, 4) is 0 Å². The second-order valence-corrected chi connectivity index (χ2v) is 3.32. The number of anilines is 1. The highest BCUT2D eigenvalue weighted by atomic mass is 16.6. The number of rotatable bonds is 4. The van der Waals surface area contributed by atoms with Crippen molar-refractivity contribution in [3.63, 3.8) is 0 Å². The van der Waals surface area contributed by atoms with Crippen LogP contribution < -0.4 is 5.32 Å². The van der Waals surface area contributed by atoms with Crippen LogP contribution >= 0.6 is 0 Å². The summed E-state index contributed by atoms with van der Waals surface area (Å²) in [5, 5.41) is 13.7. The molecule has 0 radical (unpaired) electrons. The molecule has 0 saturated heterocycles. The van der Waals surface area contributed by atoms with Crippen molar-refractivity contribution in [2.45, 2.75) is 6.54 Å². The molecule has 6 heteroatoms. The third kappa shape index (κ3) is 2.75. The van der Waals surface area contributed by atoms with Gasteiger partial charge in [-0.2, -0.15) is 0 Å². The van der Waals surface area contributed by atoms with E-state index in [1.165, 1.54) is 6.07 Å². The summed E-state index contributed by atoms with van der Waals surface area (Å²) in [7, 11) is 0. The molecule has 0 aliphatic carbocycles. The molecule has 0 fully saturated rings. The van der Waals surface area contributed by atoms with Crippen molar-refractivity contribution in [1.29, 1.82) is 0 Å². The minimum absolute atomic E-state index is 0.0522. The van der Waals surface area contributed by atoms with Gasteiger partial charge in [-0.3, -0.25) is 20.1 Å². The van der Waals surface area contributed by atoms with Gasteiger partial charge in [-0.25, -0.2) is 0 Å². The van der Waals surface area contributed by atoms with Gasteiger partial charge in [0, 0.05) is 18.5 Å². The number of hydrogen-bond donors (Lipinski definition) is 1. The molecule has 1 N–H and O–H groups in total. The maximum Gasteiger partial charge on any atom is 0.292 e. The standard InChI is InChI=1S/C11H10N4O2/c16-15(17)11-4-2-1-3-10(11)14-8-9-7-12-5-6-13-9/h1-7,14H,8H2. The summed E-state index contributed by atoms with van der Waals surface area (Å²) >= 11 is 0. The Balaban J connectivity index is 2.12. The molecule has 0 unspecified atom stereocenters. The van der Waals surface area contributed by atoms with Crippen molar-refractivity contribution >= 4 is 11.4 Å². The van der Waals surface area contributed by atoms with E-state index >= 15 is 0 Å². The van der Waals surface area contributed by atoms with E-state index in [1.54, 1.807) is 36.8 Å². The maximum absolute atomic E-state index is 10.8. The summed E-state index contributed by atoms with van der Waals surface area (Å²) in [6.07, 6.45) is 4.77. The number of nitro groups is 1. The third-order valence-electron chi connectivity index (χ3n) is 2.18. The quantitative estimate of drug-likeness (QED) is 0.641. The maximum atomic E-state index is 10.8. The first-order chi connectivity index (χ1) is 8.27. The van der Waals surface area contributed by atoms with E-state index in [1.807, 2.05) is 0 Å². The number of nitro benzene ring substituents is 1. The normalized spacial score (nSPS) is 9.88. The van der Waals surface area contributed by atoms with E-state index in [9.17, 15) is 10.1 Å². The van der Waals surface area contributed by atoms with Crippen LogP contribution in [0.15, 0.2) is 42.9 Å². The van der Waals surface area contributed by atoms with E-state index in [0.29, 0.717) is 12.2 Å². The van der Waals surface area contributed by atoms with Gasteiger partial charge in [0.05, 0.1) is 23.4 Å². The lowest BCUT2D eigenvalue weighted by molar-refractivity contribution is -0.384. The topological polar surface area (TPSA) is 81.0 Å². The summed E-state index contributed by atoms with van der Waals surface area (Å²) in [6, 6.07) is 6.49. The summed E-state index contributed by atoms with van der Waals surface area (Å²) < 4.78 is 0. The minimum atomic E-state index is -0.418. The number of aromatic nitrogens is 2. The van der Waals surface area contributed by atoms with Gasteiger partial charge in [0.1, 0.15) is 5.69 Å². The van der Waals surface area contributed by atoms with Gasteiger partial charge in [0.15, 0.2) is 0 Å². The monoisotopic (exact) mass is 230 g/mol. The summed E-state index contributed by atoms with van der Waals surface area (Å²) in [6.45, 7) is 0.401. The average Bonchev–Trinajstić information content (AvgIpc) is 2.38. The zero-order valence-electron chi connectivity index (χ0n) is 8.91. The fraction of sp³-hybridized carbons (Fsp3) is 0.0909. The van der Waals surface area contributed by atoms with Crippen LogP contribution in [0.2, 0.25) is 0 Å². The fourth-order valence-electron chi connectivity index (χ4n) is 1.39. The molecule has 0 aliphatic rings. The lowest BCUT2D eigenvalue weighted by atomic mass is 10.2. The van der Waals surface area contributed by atoms with E-state index in [0.717, 1.165) is 5.69 Å². The van der Waals surface area contributed by atoms with Crippen LogP contribution in [0.25, 0.3) is 0 Å². The summed E-state index contributed by atoms with van der Waals surface area (Å²) in [4.78, 5) is 18.3. The molecule has 1 aromatic carbocycles. The van der Waals surface area contributed by atoms with Crippen LogP contribution in [-0.2, 0) is 6.54 Å². The summed E-state index contributed by atoms with van der Waals surface area (Å²) in [5.74, 6) is 0. The first-order valence-corrected chi connectivity index (χ1v) is 4.99. The Morgan fingerprint density at radius 1 is 1.29 bits per heavy atom. The van der Waals surface area contributed by atoms with Crippen LogP contribution in [0.5, 0.6) is 0 Å². The molecule has 1 heterocycles. The summed E-state index contributed by atoms with van der Waals surface area (Å²) in [5.41, 5.74) is 1.25. The zero-order valence-corrected chi connectivity index (χ0v) is 8.91. The molecule has 17 heavy (non-hydrogen) atoms. The number of benzene rings is 1. The van der Waals surface area contributed by atoms with Crippen molar-refractivity contribution in [2.24, 2.45) is 0 Å². The van der Waals surface area contributed by atoms with Gasteiger partial charge < -0.3 is 5.32 Å². The van der Waals surface area contributed by atoms with Gasteiger partial charge in [-0.05, 0) is 6.07 Å². The van der Waals surface area contributed by atoms with Gasteiger partial charge in [-0.1, -0.05) is 12.1 Å². The van der Waals surface area contributed by atoms with Gasteiger partial charge in [0.2, 0.25) is 0 Å². The van der Waals surface area contributed by atoms with Gasteiger partial charge in [-0.15, -0.1) is 0 Å². The van der Waals surface area contributed by atoms with Gasteiger partial charge in [0.25, 0.3) is 5.69 Å². The molecule has 0 amide bonds. The predicted molar refractivity (Wildman–Crippen MR) is 62.5 cm³/mol. The Morgan fingerprint density at radius 2 is 2.12 bits per heavy atom. The SMILES string of the molecule is O=[N+]([O-])c1ccccc1NCc1cnccn1. The minimum Gasteiger partial charge on any atom is -0.374 e. The molecule has 2 rings (SSSR count). The Hall–Kier alpha value is -2.50. The number of nitrogens with one attached hydrogen (secondary N) is 1.